The smallest absolute Gasteiger partial charge is 0.303 e. The summed E-state index contributed by atoms with van der Waals surface area (Å²) in [4.78, 5) is 10.4. The van der Waals surface area contributed by atoms with Gasteiger partial charge in [0.15, 0.2) is 0 Å². The van der Waals surface area contributed by atoms with E-state index in [-0.39, 0.29) is 18.9 Å². The van der Waals surface area contributed by atoms with Gasteiger partial charge >= 0.3 is 5.97 Å². The molecule has 0 aromatic carbocycles. The van der Waals surface area contributed by atoms with Crippen LogP contribution < -0.4 is 0 Å². The summed E-state index contributed by atoms with van der Waals surface area (Å²) in [5.74, 6) is 0.0308. The van der Waals surface area contributed by atoms with E-state index in [0.29, 0.717) is 18.2 Å². The van der Waals surface area contributed by atoms with Gasteiger partial charge in [-0.05, 0) is 5.92 Å². The third kappa shape index (κ3) is 4.07. The van der Waals surface area contributed by atoms with Crippen molar-refractivity contribution in [2.45, 2.75) is 26.4 Å². The monoisotopic (exact) mass is 214 g/mol. The van der Waals surface area contributed by atoms with E-state index < -0.39 is 5.97 Å². The second-order valence-corrected chi connectivity index (χ2v) is 3.43. The Hall–Kier alpha value is -1.43. The number of carbonyl (C=O) groups is 1. The molecule has 1 atom stereocenters. The van der Waals surface area contributed by atoms with Crippen LogP contribution in [0.3, 0.4) is 0 Å². The zero-order chi connectivity index (χ0) is 11.3. The zero-order valence-corrected chi connectivity index (χ0v) is 8.77. The van der Waals surface area contributed by atoms with Crippen molar-refractivity contribution >= 4 is 5.97 Å². The van der Waals surface area contributed by atoms with E-state index in [1.165, 1.54) is 7.11 Å². The first kappa shape index (κ1) is 11.6. The maximum absolute atomic E-state index is 10.4. The highest BCUT2D eigenvalue weighted by Crippen LogP contribution is 2.11. The van der Waals surface area contributed by atoms with Gasteiger partial charge in [0.2, 0.25) is 11.8 Å². The minimum Gasteiger partial charge on any atom is -0.481 e. The Morgan fingerprint density at radius 1 is 1.53 bits per heavy atom. The first-order valence-electron chi connectivity index (χ1n) is 4.63. The zero-order valence-electron chi connectivity index (χ0n) is 8.77. The van der Waals surface area contributed by atoms with Gasteiger partial charge in [0.25, 0.3) is 0 Å². The normalized spacial score (nSPS) is 12.7. The molecule has 0 amide bonds. The molecule has 6 heteroatoms. The molecule has 0 radical (unpaired) electrons. The molecule has 1 rings (SSSR count). The highest BCUT2D eigenvalue weighted by molar-refractivity contribution is 5.66. The lowest BCUT2D eigenvalue weighted by atomic mass is 10.0. The molecule has 15 heavy (non-hydrogen) atoms. The Morgan fingerprint density at radius 3 is 2.80 bits per heavy atom. The Balaban J connectivity index is 2.45. The number of carboxylic acid groups (broad SMARTS) is 1. The molecule has 6 nitrogen and oxygen atoms in total. The topological polar surface area (TPSA) is 85.5 Å². The van der Waals surface area contributed by atoms with Gasteiger partial charge in [-0.2, -0.15) is 0 Å². The SMILES string of the molecule is COCc1nnc(CC(C)CC(=O)O)o1. The van der Waals surface area contributed by atoms with Crippen molar-refractivity contribution in [3.8, 4) is 0 Å². The van der Waals surface area contributed by atoms with E-state index in [0.717, 1.165) is 0 Å². The number of nitrogens with zero attached hydrogens (tertiary/aromatic N) is 2. The molecule has 1 unspecified atom stereocenters. The lowest BCUT2D eigenvalue weighted by molar-refractivity contribution is -0.137. The fourth-order valence-corrected chi connectivity index (χ4v) is 1.22. The van der Waals surface area contributed by atoms with E-state index in [2.05, 4.69) is 10.2 Å². The first-order chi connectivity index (χ1) is 7.11. The Kier molecular flexibility index (Phi) is 4.23. The van der Waals surface area contributed by atoms with Crippen molar-refractivity contribution < 1.29 is 19.1 Å². The van der Waals surface area contributed by atoms with Gasteiger partial charge in [0.05, 0.1) is 0 Å². The fourth-order valence-electron chi connectivity index (χ4n) is 1.22. The van der Waals surface area contributed by atoms with Gasteiger partial charge in [-0.3, -0.25) is 4.79 Å². The molecule has 1 N–H and O–H groups in total. The van der Waals surface area contributed by atoms with Gasteiger partial charge < -0.3 is 14.3 Å². The van der Waals surface area contributed by atoms with Gasteiger partial charge in [0, 0.05) is 20.0 Å². The van der Waals surface area contributed by atoms with Crippen LogP contribution in [0.4, 0.5) is 0 Å². The maximum Gasteiger partial charge on any atom is 0.303 e. The quantitative estimate of drug-likeness (QED) is 0.756. The molecule has 1 heterocycles. The molecular formula is C9H14N2O4. The van der Waals surface area contributed by atoms with Crippen molar-refractivity contribution in [1.82, 2.24) is 10.2 Å². The molecule has 0 aliphatic carbocycles. The maximum atomic E-state index is 10.4. The molecule has 0 bridgehead atoms. The molecule has 0 fully saturated rings. The number of aromatic nitrogens is 2. The van der Waals surface area contributed by atoms with Crippen molar-refractivity contribution in [1.29, 1.82) is 0 Å². The summed E-state index contributed by atoms with van der Waals surface area (Å²) in [6.07, 6.45) is 0.574. The molecule has 0 saturated heterocycles. The third-order valence-electron chi connectivity index (χ3n) is 1.82. The molecule has 0 aliphatic heterocycles. The average molecular weight is 214 g/mol. The highest BCUT2D eigenvalue weighted by Gasteiger charge is 2.13. The Bertz CT molecular complexity index is 324. The predicted octanol–water partition coefficient (Wildman–Crippen LogP) is 0.869. The lowest BCUT2D eigenvalue weighted by Gasteiger charge is -2.03. The Labute approximate surface area is 87.3 Å². The van der Waals surface area contributed by atoms with Crippen molar-refractivity contribution in [3.05, 3.63) is 11.8 Å². The standard InChI is InChI=1S/C9H14N2O4/c1-6(4-9(12)13)3-7-10-11-8(15-7)5-14-2/h6H,3-5H2,1-2H3,(H,12,13). The highest BCUT2D eigenvalue weighted by atomic mass is 16.5. The summed E-state index contributed by atoms with van der Waals surface area (Å²) in [6.45, 7) is 2.11. The van der Waals surface area contributed by atoms with Crippen LogP contribution in [0.1, 0.15) is 25.1 Å². The van der Waals surface area contributed by atoms with Gasteiger partial charge in [-0.1, -0.05) is 6.92 Å². The lowest BCUT2D eigenvalue weighted by Crippen LogP contribution is -2.07. The number of hydrogen-bond acceptors (Lipinski definition) is 5. The summed E-state index contributed by atoms with van der Waals surface area (Å²) in [5, 5.41) is 16.1. The van der Waals surface area contributed by atoms with Crippen LogP contribution in [0.15, 0.2) is 4.42 Å². The number of ether oxygens (including phenoxy) is 1. The molecule has 0 aliphatic rings. The van der Waals surface area contributed by atoms with Crippen LogP contribution in [0.5, 0.6) is 0 Å². The van der Waals surface area contributed by atoms with Crippen molar-refractivity contribution in [2.75, 3.05) is 7.11 Å². The van der Waals surface area contributed by atoms with Gasteiger partial charge in [-0.25, -0.2) is 0 Å². The van der Waals surface area contributed by atoms with Gasteiger partial charge in [-0.15, -0.1) is 10.2 Å². The first-order valence-corrected chi connectivity index (χ1v) is 4.63. The van der Waals surface area contributed by atoms with E-state index in [4.69, 9.17) is 14.3 Å². The fraction of sp³-hybridized carbons (Fsp3) is 0.667. The molecule has 1 aromatic rings. The van der Waals surface area contributed by atoms with Crippen LogP contribution >= 0.6 is 0 Å². The molecule has 0 saturated carbocycles. The molecule has 1 aromatic heterocycles. The predicted molar refractivity (Wildman–Crippen MR) is 50.1 cm³/mol. The summed E-state index contributed by atoms with van der Waals surface area (Å²) in [5.41, 5.74) is 0. The summed E-state index contributed by atoms with van der Waals surface area (Å²) >= 11 is 0. The molecular weight excluding hydrogens is 200 g/mol. The van der Waals surface area contributed by atoms with Crippen LogP contribution in [-0.2, 0) is 22.6 Å². The minimum absolute atomic E-state index is 0.0154. The van der Waals surface area contributed by atoms with Crippen LogP contribution in [0, 0.1) is 5.92 Å². The average Bonchev–Trinajstić information content (AvgIpc) is 2.51. The number of carboxylic acids is 1. The molecule has 84 valence electrons. The third-order valence-corrected chi connectivity index (χ3v) is 1.82. The Morgan fingerprint density at radius 2 is 2.20 bits per heavy atom. The number of hydrogen-bond donors (Lipinski definition) is 1. The molecule has 0 spiro atoms. The second-order valence-electron chi connectivity index (χ2n) is 3.43. The summed E-state index contributed by atoms with van der Waals surface area (Å²) in [7, 11) is 1.54. The summed E-state index contributed by atoms with van der Waals surface area (Å²) < 4.78 is 10.1. The minimum atomic E-state index is -0.820. The van der Waals surface area contributed by atoms with E-state index >= 15 is 0 Å². The van der Waals surface area contributed by atoms with Crippen molar-refractivity contribution in [3.63, 3.8) is 0 Å². The number of aliphatic carboxylic acids is 1. The van der Waals surface area contributed by atoms with Gasteiger partial charge in [0.1, 0.15) is 6.61 Å². The number of methoxy groups -OCH3 is 1. The van der Waals surface area contributed by atoms with E-state index in [9.17, 15) is 4.79 Å². The number of rotatable bonds is 6. The van der Waals surface area contributed by atoms with Crippen LogP contribution in [0.25, 0.3) is 0 Å². The van der Waals surface area contributed by atoms with E-state index in [1.54, 1.807) is 0 Å². The van der Waals surface area contributed by atoms with Crippen LogP contribution in [0.2, 0.25) is 0 Å². The largest absolute Gasteiger partial charge is 0.481 e. The van der Waals surface area contributed by atoms with Crippen LogP contribution in [-0.4, -0.2) is 28.4 Å². The van der Waals surface area contributed by atoms with Crippen molar-refractivity contribution in [2.24, 2.45) is 5.92 Å². The second kappa shape index (κ2) is 5.45. The summed E-state index contributed by atoms with van der Waals surface area (Å²) in [6, 6.07) is 0. The van der Waals surface area contributed by atoms with E-state index in [1.807, 2.05) is 6.92 Å².